The van der Waals surface area contributed by atoms with Crippen LogP contribution in [0, 0.1) is 0 Å². The second kappa shape index (κ2) is 5.57. The first-order valence-corrected chi connectivity index (χ1v) is 7.52. The largest absolute Gasteiger partial charge is 0.497 e. The van der Waals surface area contributed by atoms with Crippen LogP contribution in [0.25, 0.3) is 0 Å². The maximum Gasteiger partial charge on any atom is 0.345 e. The van der Waals surface area contributed by atoms with Gasteiger partial charge in [0, 0.05) is 18.3 Å². The van der Waals surface area contributed by atoms with Crippen LogP contribution < -0.4 is 10.3 Å². The number of rotatable bonds is 4. The Bertz CT molecular complexity index is 803. The predicted molar refractivity (Wildman–Crippen MR) is 85.8 cm³/mol. The lowest BCUT2D eigenvalue weighted by atomic mass is 9.97. The van der Waals surface area contributed by atoms with Crippen molar-refractivity contribution in [2.24, 2.45) is 0 Å². The number of hydrogen-bond acceptors (Lipinski definition) is 4. The first kappa shape index (κ1) is 15.3. The summed E-state index contributed by atoms with van der Waals surface area (Å²) in [6.07, 6.45) is 2.43. The van der Waals surface area contributed by atoms with E-state index >= 15 is 0 Å². The molecule has 0 aliphatic carbocycles. The van der Waals surface area contributed by atoms with E-state index in [1.54, 1.807) is 37.8 Å². The third-order valence-corrected chi connectivity index (χ3v) is 4.17. The number of pyridine rings is 1. The summed E-state index contributed by atoms with van der Waals surface area (Å²) in [4.78, 5) is 24.5. The topological polar surface area (TPSA) is 57.5 Å². The molecule has 3 rings (SSSR count). The van der Waals surface area contributed by atoms with Crippen molar-refractivity contribution in [3.63, 3.8) is 0 Å². The highest BCUT2D eigenvalue weighted by atomic mass is 16.6. The van der Waals surface area contributed by atoms with Crippen molar-refractivity contribution in [2.75, 3.05) is 7.11 Å². The van der Waals surface area contributed by atoms with Crippen molar-refractivity contribution >= 4 is 5.97 Å². The number of esters is 1. The zero-order chi connectivity index (χ0) is 16.6. The number of ether oxygens (including phenoxy) is 2. The quantitative estimate of drug-likeness (QED) is 0.814. The van der Waals surface area contributed by atoms with Crippen LogP contribution in [0.1, 0.15) is 35.3 Å². The molecular formula is C18H19NO4. The Morgan fingerprint density at radius 2 is 1.83 bits per heavy atom. The molecule has 0 amide bonds. The number of fused-ring (bicyclic) bond motifs is 1. The molecule has 0 atom stereocenters. The van der Waals surface area contributed by atoms with Crippen LogP contribution in [0.2, 0.25) is 0 Å². The van der Waals surface area contributed by atoms with E-state index in [2.05, 4.69) is 0 Å². The molecule has 1 aliphatic rings. The van der Waals surface area contributed by atoms with E-state index < -0.39 is 11.6 Å². The van der Waals surface area contributed by atoms with Crippen LogP contribution in [0.5, 0.6) is 5.75 Å². The van der Waals surface area contributed by atoms with Crippen LogP contribution in [-0.4, -0.2) is 17.6 Å². The third kappa shape index (κ3) is 2.74. The molecule has 0 unspecified atom stereocenters. The smallest absolute Gasteiger partial charge is 0.345 e. The second-order valence-corrected chi connectivity index (χ2v) is 6.10. The van der Waals surface area contributed by atoms with E-state index in [1.807, 2.05) is 24.3 Å². The fourth-order valence-electron chi connectivity index (χ4n) is 2.83. The van der Waals surface area contributed by atoms with E-state index in [-0.39, 0.29) is 11.1 Å². The fraction of sp³-hybridized carbons (Fsp3) is 0.333. The lowest BCUT2D eigenvalue weighted by molar-refractivity contribution is 0.00949. The summed E-state index contributed by atoms with van der Waals surface area (Å²) in [5, 5.41) is 0. The molecular weight excluding hydrogens is 294 g/mol. The van der Waals surface area contributed by atoms with Gasteiger partial charge in [0.1, 0.15) is 16.9 Å². The maximum atomic E-state index is 12.5. The molecule has 23 heavy (non-hydrogen) atoms. The summed E-state index contributed by atoms with van der Waals surface area (Å²) in [6, 6.07) is 9.51. The van der Waals surface area contributed by atoms with Gasteiger partial charge in [-0.3, -0.25) is 4.79 Å². The summed E-state index contributed by atoms with van der Waals surface area (Å²) in [5.41, 5.74) is 0.897. The fourth-order valence-corrected chi connectivity index (χ4v) is 2.83. The Morgan fingerprint density at radius 3 is 2.48 bits per heavy atom. The second-order valence-electron chi connectivity index (χ2n) is 6.10. The van der Waals surface area contributed by atoms with Crippen molar-refractivity contribution in [3.05, 3.63) is 63.6 Å². The van der Waals surface area contributed by atoms with Gasteiger partial charge in [-0.1, -0.05) is 12.1 Å². The van der Waals surface area contributed by atoms with E-state index in [0.717, 1.165) is 11.3 Å². The number of carbonyl (C=O) groups excluding carboxylic acids is 1. The molecule has 0 radical (unpaired) electrons. The summed E-state index contributed by atoms with van der Waals surface area (Å²) in [6.45, 7) is 4.09. The van der Waals surface area contributed by atoms with Crippen molar-refractivity contribution in [2.45, 2.75) is 32.4 Å². The van der Waals surface area contributed by atoms with E-state index in [4.69, 9.17) is 9.47 Å². The summed E-state index contributed by atoms with van der Waals surface area (Å²) < 4.78 is 12.0. The van der Waals surface area contributed by atoms with Gasteiger partial charge in [-0.25, -0.2) is 4.79 Å². The molecule has 0 saturated carbocycles. The van der Waals surface area contributed by atoms with Gasteiger partial charge in [-0.05, 0) is 44.0 Å². The zero-order valence-corrected chi connectivity index (χ0v) is 13.5. The summed E-state index contributed by atoms with van der Waals surface area (Å²) in [5.74, 6) is 0.266. The van der Waals surface area contributed by atoms with Crippen molar-refractivity contribution in [1.82, 2.24) is 4.57 Å². The SMILES string of the molecule is COc1ccc(CCn2ccc3c(c2=O)C(=O)OC3(C)C)cc1. The zero-order valence-electron chi connectivity index (χ0n) is 13.5. The molecule has 5 nitrogen and oxygen atoms in total. The minimum Gasteiger partial charge on any atom is -0.497 e. The van der Waals surface area contributed by atoms with Crippen LogP contribution in [0.3, 0.4) is 0 Å². The number of cyclic esters (lactones) is 1. The van der Waals surface area contributed by atoms with Crippen molar-refractivity contribution in [3.8, 4) is 5.75 Å². The Morgan fingerprint density at radius 1 is 1.13 bits per heavy atom. The van der Waals surface area contributed by atoms with E-state index in [9.17, 15) is 9.59 Å². The molecule has 1 aromatic carbocycles. The number of aryl methyl sites for hydroxylation is 2. The minimum atomic E-state index is -0.735. The Hall–Kier alpha value is -2.56. The standard InChI is InChI=1S/C18H19NO4/c1-18(2)14-9-11-19(16(20)15(14)17(21)23-18)10-8-12-4-6-13(22-3)7-5-12/h4-7,9,11H,8,10H2,1-3H3. The average Bonchev–Trinajstić information content (AvgIpc) is 2.77. The first-order valence-electron chi connectivity index (χ1n) is 7.52. The number of benzene rings is 1. The van der Waals surface area contributed by atoms with E-state index in [1.165, 1.54) is 0 Å². The van der Waals surface area contributed by atoms with Gasteiger partial charge in [-0.2, -0.15) is 0 Å². The highest BCUT2D eigenvalue weighted by Crippen LogP contribution is 2.33. The van der Waals surface area contributed by atoms with Gasteiger partial charge in [0.2, 0.25) is 0 Å². The lowest BCUT2D eigenvalue weighted by Gasteiger charge is -2.17. The molecule has 0 bridgehead atoms. The summed E-state index contributed by atoms with van der Waals surface area (Å²) in [7, 11) is 1.62. The van der Waals surface area contributed by atoms with Gasteiger partial charge < -0.3 is 14.0 Å². The van der Waals surface area contributed by atoms with Crippen molar-refractivity contribution < 1.29 is 14.3 Å². The Balaban J connectivity index is 1.83. The van der Waals surface area contributed by atoms with Crippen LogP contribution in [0.4, 0.5) is 0 Å². The number of methoxy groups -OCH3 is 1. The van der Waals surface area contributed by atoms with Gasteiger partial charge in [0.05, 0.1) is 7.11 Å². The monoisotopic (exact) mass is 313 g/mol. The predicted octanol–water partition coefficient (Wildman–Crippen LogP) is 2.51. The normalized spacial score (nSPS) is 15.2. The molecule has 0 spiro atoms. The summed E-state index contributed by atoms with van der Waals surface area (Å²) >= 11 is 0. The molecule has 120 valence electrons. The van der Waals surface area contributed by atoms with Crippen LogP contribution >= 0.6 is 0 Å². The molecule has 2 aromatic rings. The highest BCUT2D eigenvalue weighted by molar-refractivity contribution is 5.94. The Kier molecular flexibility index (Phi) is 3.72. The van der Waals surface area contributed by atoms with Crippen LogP contribution in [-0.2, 0) is 23.3 Å². The molecule has 1 aromatic heterocycles. The maximum absolute atomic E-state index is 12.5. The third-order valence-electron chi connectivity index (χ3n) is 4.17. The molecule has 1 aliphatic heterocycles. The van der Waals surface area contributed by atoms with E-state index in [0.29, 0.717) is 18.5 Å². The molecule has 0 saturated heterocycles. The number of aromatic nitrogens is 1. The molecule has 5 heteroatoms. The van der Waals surface area contributed by atoms with Gasteiger partial charge in [0.15, 0.2) is 0 Å². The molecule has 0 fully saturated rings. The average molecular weight is 313 g/mol. The van der Waals surface area contributed by atoms with Gasteiger partial charge in [0.25, 0.3) is 5.56 Å². The Labute approximate surface area is 134 Å². The number of hydrogen-bond donors (Lipinski definition) is 0. The van der Waals surface area contributed by atoms with Crippen molar-refractivity contribution in [1.29, 1.82) is 0 Å². The minimum absolute atomic E-state index is 0.159. The number of carbonyl (C=O) groups is 1. The van der Waals surface area contributed by atoms with Crippen LogP contribution in [0.15, 0.2) is 41.3 Å². The van der Waals surface area contributed by atoms with Gasteiger partial charge >= 0.3 is 5.97 Å². The molecule has 2 heterocycles. The lowest BCUT2D eigenvalue weighted by Crippen LogP contribution is -2.26. The first-order chi connectivity index (χ1) is 10.9. The molecule has 0 N–H and O–H groups in total. The highest BCUT2D eigenvalue weighted by Gasteiger charge is 2.40. The number of nitrogens with zero attached hydrogens (tertiary/aromatic N) is 1. The van der Waals surface area contributed by atoms with Gasteiger partial charge in [-0.15, -0.1) is 0 Å².